The molecule has 0 aliphatic heterocycles. The first-order valence-corrected chi connectivity index (χ1v) is 2.90. The summed E-state index contributed by atoms with van der Waals surface area (Å²) in [5.41, 5.74) is 0.650. The van der Waals surface area contributed by atoms with Gasteiger partial charge in [-0.3, -0.25) is 0 Å². The van der Waals surface area contributed by atoms with Crippen LogP contribution in [-0.2, 0) is 0 Å². The average Bonchev–Trinajstić information content (AvgIpc) is 2.55. The summed E-state index contributed by atoms with van der Waals surface area (Å²) in [6.45, 7) is 1.76. The summed E-state index contributed by atoms with van der Waals surface area (Å²) in [5.74, 6) is 0.509. The highest BCUT2D eigenvalue weighted by molar-refractivity contribution is 5.20. The van der Waals surface area contributed by atoms with E-state index in [2.05, 4.69) is 30.5 Å². The second-order valence-electron chi connectivity index (χ2n) is 1.93. The smallest absolute Gasteiger partial charge is 0.223 e. The number of hydrogen-bond acceptors (Lipinski definition) is 6. The molecular formula is C4H4N6O. The molecule has 2 aromatic heterocycles. The molecule has 7 nitrogen and oxygen atoms in total. The predicted molar refractivity (Wildman–Crippen MR) is 31.7 cm³/mol. The Morgan fingerprint density at radius 3 is 2.91 bits per heavy atom. The summed E-state index contributed by atoms with van der Waals surface area (Å²) in [5, 5.41) is 17.7. The molecule has 56 valence electrons. The maximum Gasteiger partial charge on any atom is 0.223 e. The number of hydrogen-bond donors (Lipinski definition) is 0. The normalized spacial score (nSPS) is 10.3. The lowest BCUT2D eigenvalue weighted by molar-refractivity contribution is 0.303. The summed E-state index contributed by atoms with van der Waals surface area (Å²) in [4.78, 5) is 0. The Bertz CT molecular complexity index is 337. The van der Waals surface area contributed by atoms with Gasteiger partial charge in [0.25, 0.3) is 0 Å². The van der Waals surface area contributed by atoms with Gasteiger partial charge in [0.15, 0.2) is 0 Å². The summed E-state index contributed by atoms with van der Waals surface area (Å²) in [7, 11) is 0. The number of aromatic nitrogens is 6. The van der Waals surface area contributed by atoms with Crippen molar-refractivity contribution < 1.29 is 4.63 Å². The number of tetrazole rings is 1. The topological polar surface area (TPSA) is 82.5 Å². The molecule has 0 aliphatic carbocycles. The molecule has 0 radical (unpaired) electrons. The van der Waals surface area contributed by atoms with Gasteiger partial charge < -0.3 is 0 Å². The molecule has 0 spiro atoms. The van der Waals surface area contributed by atoms with Crippen molar-refractivity contribution in [2.75, 3.05) is 0 Å². The van der Waals surface area contributed by atoms with Gasteiger partial charge in [-0.2, -0.15) is 4.68 Å². The summed E-state index contributed by atoms with van der Waals surface area (Å²) in [6.07, 6.45) is 1.42. The highest BCUT2D eigenvalue weighted by Gasteiger charge is 2.07. The van der Waals surface area contributed by atoms with Gasteiger partial charge in [0.05, 0.1) is 0 Å². The molecule has 0 saturated carbocycles. The number of rotatable bonds is 1. The molecule has 11 heavy (non-hydrogen) atoms. The molecule has 0 amide bonds. The zero-order valence-corrected chi connectivity index (χ0v) is 5.67. The van der Waals surface area contributed by atoms with Crippen LogP contribution in [-0.4, -0.2) is 30.5 Å². The van der Waals surface area contributed by atoms with E-state index >= 15 is 0 Å². The third-order valence-corrected chi connectivity index (χ3v) is 1.19. The van der Waals surface area contributed by atoms with Crippen molar-refractivity contribution in [2.45, 2.75) is 6.92 Å². The molecule has 7 heteroatoms. The van der Waals surface area contributed by atoms with E-state index in [1.165, 1.54) is 11.0 Å². The van der Waals surface area contributed by atoms with E-state index in [-0.39, 0.29) is 0 Å². The van der Waals surface area contributed by atoms with Crippen LogP contribution in [0.25, 0.3) is 5.82 Å². The molecule has 0 saturated heterocycles. The SMILES string of the molecule is Cc1nonc1-n1cnnn1. The van der Waals surface area contributed by atoms with Gasteiger partial charge in [-0.15, -0.1) is 5.10 Å². The Hall–Kier alpha value is -1.79. The highest BCUT2D eigenvalue weighted by Crippen LogP contribution is 2.03. The molecule has 0 N–H and O–H groups in total. The molecular weight excluding hydrogens is 148 g/mol. The van der Waals surface area contributed by atoms with Gasteiger partial charge in [-0.1, -0.05) is 5.16 Å². The van der Waals surface area contributed by atoms with Crippen LogP contribution in [0.15, 0.2) is 11.0 Å². The van der Waals surface area contributed by atoms with Gasteiger partial charge in [0.2, 0.25) is 5.82 Å². The van der Waals surface area contributed by atoms with E-state index in [9.17, 15) is 0 Å². The Morgan fingerprint density at radius 2 is 2.36 bits per heavy atom. The lowest BCUT2D eigenvalue weighted by Gasteiger charge is -1.87. The summed E-state index contributed by atoms with van der Waals surface area (Å²) < 4.78 is 5.83. The maximum atomic E-state index is 4.45. The maximum absolute atomic E-state index is 4.45. The van der Waals surface area contributed by atoms with Crippen LogP contribution in [0.4, 0.5) is 0 Å². The van der Waals surface area contributed by atoms with E-state index < -0.39 is 0 Å². The predicted octanol–water partition coefficient (Wildman–Crippen LogP) is -0.646. The van der Waals surface area contributed by atoms with Gasteiger partial charge in [0, 0.05) is 0 Å². The zero-order chi connectivity index (χ0) is 7.68. The molecule has 0 fully saturated rings. The number of aryl methyl sites for hydroxylation is 1. The van der Waals surface area contributed by atoms with Crippen molar-refractivity contribution in [2.24, 2.45) is 0 Å². The second kappa shape index (κ2) is 2.11. The molecule has 0 bridgehead atoms. The van der Waals surface area contributed by atoms with Crippen LogP contribution in [0.5, 0.6) is 0 Å². The first-order chi connectivity index (χ1) is 5.38. The molecule has 0 aromatic carbocycles. The Balaban J connectivity index is 2.53. The van der Waals surface area contributed by atoms with Gasteiger partial charge in [-0.25, -0.2) is 4.63 Å². The quantitative estimate of drug-likeness (QED) is 0.540. The molecule has 0 unspecified atom stereocenters. The zero-order valence-electron chi connectivity index (χ0n) is 5.67. The molecule has 2 heterocycles. The second-order valence-corrected chi connectivity index (χ2v) is 1.93. The third-order valence-electron chi connectivity index (χ3n) is 1.19. The van der Waals surface area contributed by atoms with Crippen LogP contribution < -0.4 is 0 Å². The molecule has 0 aliphatic rings. The Labute approximate surface area is 61.0 Å². The summed E-state index contributed by atoms with van der Waals surface area (Å²) >= 11 is 0. The van der Waals surface area contributed by atoms with Crippen molar-refractivity contribution in [1.82, 2.24) is 30.5 Å². The minimum Gasteiger partial charge on any atom is -0.242 e. The van der Waals surface area contributed by atoms with Crippen LogP contribution in [0.2, 0.25) is 0 Å². The van der Waals surface area contributed by atoms with Crippen LogP contribution in [0, 0.1) is 6.92 Å². The standard InChI is InChI=1S/C4H4N6O/c1-3-4(7-11-6-3)10-2-5-8-9-10/h2H,1H3. The van der Waals surface area contributed by atoms with E-state index in [0.29, 0.717) is 11.5 Å². The van der Waals surface area contributed by atoms with Crippen molar-refractivity contribution in [3.05, 3.63) is 12.0 Å². The third kappa shape index (κ3) is 0.858. The van der Waals surface area contributed by atoms with Crippen molar-refractivity contribution in [1.29, 1.82) is 0 Å². The van der Waals surface area contributed by atoms with Crippen molar-refractivity contribution in [3.63, 3.8) is 0 Å². The first-order valence-electron chi connectivity index (χ1n) is 2.90. The molecule has 0 atom stereocenters. The minimum absolute atomic E-state index is 0.509. The van der Waals surface area contributed by atoms with Crippen molar-refractivity contribution >= 4 is 0 Å². The first kappa shape index (κ1) is 5.96. The lowest BCUT2D eigenvalue weighted by atomic mass is 10.5. The van der Waals surface area contributed by atoms with Crippen LogP contribution in [0.1, 0.15) is 5.69 Å². The fraction of sp³-hybridized carbons (Fsp3) is 0.250. The fourth-order valence-corrected chi connectivity index (χ4v) is 0.693. The minimum atomic E-state index is 0.509. The molecule has 2 aromatic rings. The van der Waals surface area contributed by atoms with Crippen LogP contribution >= 0.6 is 0 Å². The molecule has 2 rings (SSSR count). The van der Waals surface area contributed by atoms with E-state index in [0.717, 1.165) is 0 Å². The fourth-order valence-electron chi connectivity index (χ4n) is 0.693. The highest BCUT2D eigenvalue weighted by atomic mass is 16.6. The largest absolute Gasteiger partial charge is 0.242 e. The van der Waals surface area contributed by atoms with E-state index in [1.54, 1.807) is 6.92 Å². The van der Waals surface area contributed by atoms with Gasteiger partial charge >= 0.3 is 0 Å². The lowest BCUT2D eigenvalue weighted by Crippen LogP contribution is -1.97. The monoisotopic (exact) mass is 152 g/mol. The van der Waals surface area contributed by atoms with Crippen LogP contribution in [0.3, 0.4) is 0 Å². The van der Waals surface area contributed by atoms with Gasteiger partial charge in [-0.05, 0) is 22.5 Å². The average molecular weight is 152 g/mol. The van der Waals surface area contributed by atoms with Gasteiger partial charge in [0.1, 0.15) is 12.0 Å². The van der Waals surface area contributed by atoms with E-state index in [4.69, 9.17) is 0 Å². The Morgan fingerprint density at radius 1 is 1.45 bits per heavy atom. The van der Waals surface area contributed by atoms with E-state index in [1.807, 2.05) is 0 Å². The number of nitrogens with zero attached hydrogens (tertiary/aromatic N) is 6. The van der Waals surface area contributed by atoms with Crippen molar-refractivity contribution in [3.8, 4) is 5.82 Å². The summed E-state index contributed by atoms with van der Waals surface area (Å²) in [6, 6.07) is 0. The Kier molecular flexibility index (Phi) is 1.14.